The summed E-state index contributed by atoms with van der Waals surface area (Å²) in [5.41, 5.74) is 2.32. The van der Waals surface area contributed by atoms with Gasteiger partial charge in [0.25, 0.3) is 0 Å². The van der Waals surface area contributed by atoms with Gasteiger partial charge in [0.05, 0.1) is 0 Å². The lowest BCUT2D eigenvalue weighted by molar-refractivity contribution is -0.685. The van der Waals surface area contributed by atoms with Crippen molar-refractivity contribution < 1.29 is 43.5 Å². The highest BCUT2D eigenvalue weighted by molar-refractivity contribution is 5.60. The number of hydrogen-bond donors (Lipinski definition) is 0. The largest absolute Gasteiger partial charge is 1.00 e. The monoisotopic (exact) mass is 355 g/mol. The molecule has 17 heavy (non-hydrogen) atoms. The van der Waals surface area contributed by atoms with Crippen LogP contribution in [0.15, 0.2) is 49.1 Å². The van der Waals surface area contributed by atoms with Gasteiger partial charge in [0.15, 0.2) is 24.8 Å². The molecule has 2 heterocycles. The van der Waals surface area contributed by atoms with Gasteiger partial charge in [-0.1, -0.05) is 0 Å². The Kier molecular flexibility index (Phi) is 7.35. The van der Waals surface area contributed by atoms with E-state index in [4.69, 9.17) is 5.26 Å². The number of nitrogens with zero attached hydrogens (tertiary/aromatic N) is 2. The van der Waals surface area contributed by atoms with Crippen molar-refractivity contribution in [2.45, 2.75) is 6.54 Å². The van der Waals surface area contributed by atoms with Crippen LogP contribution in [0.3, 0.4) is 0 Å². The van der Waals surface area contributed by atoms with Crippen LogP contribution in [-0.4, -0.2) is 0 Å². The van der Waals surface area contributed by atoms with E-state index in [0.29, 0.717) is 6.54 Å². The molecule has 0 aliphatic rings. The molecule has 0 aromatic carbocycles. The van der Waals surface area contributed by atoms with Crippen LogP contribution in [-0.2, 0) is 6.54 Å². The zero-order chi connectivity index (χ0) is 10.5. The predicted octanol–water partition coefficient (Wildman–Crippen LogP) is -5.01. The SMILES string of the molecule is N#CC[n+]1ccc(-c2cc[nH+]cc2)cc1.[Br-].[Br-]. The second-order valence-corrected chi connectivity index (χ2v) is 3.21. The number of halogens is 2. The standard InChI is InChI=1S/C12H10N3.2BrH/c13-5-10-15-8-3-12(4-9-15)11-1-6-14-7-2-11;;/h1-4,6-9H,10H2;2*1H/q+1;;/p-1. The number of pyridine rings is 2. The number of aromatic amines is 1. The van der Waals surface area contributed by atoms with E-state index >= 15 is 0 Å². The molecular formula is C12H11Br2N3. The van der Waals surface area contributed by atoms with Crippen molar-refractivity contribution in [3.8, 4) is 17.2 Å². The lowest BCUT2D eigenvalue weighted by Gasteiger charge is -1.96. The average Bonchev–Trinajstić information content (AvgIpc) is 2.32. The van der Waals surface area contributed by atoms with E-state index in [1.807, 2.05) is 53.6 Å². The molecule has 0 spiro atoms. The highest BCUT2D eigenvalue weighted by Gasteiger charge is 2.01. The van der Waals surface area contributed by atoms with Gasteiger partial charge >= 0.3 is 0 Å². The van der Waals surface area contributed by atoms with Crippen LogP contribution in [0.4, 0.5) is 0 Å². The fourth-order valence-corrected chi connectivity index (χ4v) is 1.42. The van der Waals surface area contributed by atoms with E-state index in [1.165, 1.54) is 0 Å². The molecule has 0 aliphatic carbocycles. The molecule has 0 fully saturated rings. The highest BCUT2D eigenvalue weighted by atomic mass is 79.9. The van der Waals surface area contributed by atoms with Gasteiger partial charge in [-0.05, 0) is 11.1 Å². The van der Waals surface area contributed by atoms with Gasteiger partial charge in [0, 0.05) is 24.3 Å². The summed E-state index contributed by atoms with van der Waals surface area (Å²) in [6.45, 7) is 0.392. The Morgan fingerprint density at radius 3 is 2.06 bits per heavy atom. The molecule has 0 saturated heterocycles. The minimum atomic E-state index is 0. The summed E-state index contributed by atoms with van der Waals surface area (Å²) in [6, 6.07) is 10.2. The normalized spacial score (nSPS) is 8.41. The van der Waals surface area contributed by atoms with Gasteiger partial charge in [-0.2, -0.15) is 9.83 Å². The Bertz CT molecular complexity index is 477. The second kappa shape index (κ2) is 7.93. The summed E-state index contributed by atoms with van der Waals surface area (Å²) in [5.74, 6) is 0. The lowest BCUT2D eigenvalue weighted by Crippen LogP contribution is -3.00. The minimum absolute atomic E-state index is 0. The Morgan fingerprint density at radius 2 is 1.53 bits per heavy atom. The van der Waals surface area contributed by atoms with Crippen LogP contribution < -0.4 is 43.5 Å². The summed E-state index contributed by atoms with van der Waals surface area (Å²) in [4.78, 5) is 2.99. The fourth-order valence-electron chi connectivity index (χ4n) is 1.42. The fraction of sp³-hybridized carbons (Fsp3) is 0.0833. The number of H-pyrrole nitrogens is 1. The van der Waals surface area contributed by atoms with E-state index in [2.05, 4.69) is 11.1 Å². The molecule has 5 heteroatoms. The average molecular weight is 357 g/mol. The van der Waals surface area contributed by atoms with E-state index in [0.717, 1.165) is 11.1 Å². The number of nitrogens with one attached hydrogen (secondary N) is 1. The maximum absolute atomic E-state index is 8.53. The molecule has 2 aromatic rings. The quantitative estimate of drug-likeness (QED) is 0.497. The molecule has 88 valence electrons. The van der Waals surface area contributed by atoms with Gasteiger partial charge in [-0.15, -0.1) is 0 Å². The summed E-state index contributed by atoms with van der Waals surface area (Å²) in [5, 5.41) is 8.53. The van der Waals surface area contributed by atoms with Crippen molar-refractivity contribution in [1.82, 2.24) is 0 Å². The first-order valence-corrected chi connectivity index (χ1v) is 4.73. The van der Waals surface area contributed by atoms with Crippen LogP contribution in [0, 0.1) is 11.3 Å². The molecule has 0 atom stereocenters. The third-order valence-electron chi connectivity index (χ3n) is 2.20. The Morgan fingerprint density at radius 1 is 1.00 bits per heavy atom. The van der Waals surface area contributed by atoms with Gasteiger partial charge in [-0.3, -0.25) is 0 Å². The van der Waals surface area contributed by atoms with E-state index in [1.54, 1.807) is 0 Å². The number of aromatic nitrogens is 2. The molecule has 2 rings (SSSR count). The third kappa shape index (κ3) is 4.25. The first-order chi connectivity index (χ1) is 7.40. The van der Waals surface area contributed by atoms with Crippen LogP contribution >= 0.6 is 0 Å². The van der Waals surface area contributed by atoms with Gasteiger partial charge in [0.2, 0.25) is 6.54 Å². The van der Waals surface area contributed by atoms with Crippen molar-refractivity contribution >= 4 is 0 Å². The molecule has 3 nitrogen and oxygen atoms in total. The maximum atomic E-state index is 8.53. The smallest absolute Gasteiger partial charge is 0.233 e. The molecule has 0 aliphatic heterocycles. The molecule has 2 aromatic heterocycles. The van der Waals surface area contributed by atoms with Crippen molar-refractivity contribution in [3.63, 3.8) is 0 Å². The molecule has 0 radical (unpaired) electrons. The summed E-state index contributed by atoms with van der Waals surface area (Å²) in [6.07, 6.45) is 7.61. The Hall–Kier alpha value is -1.25. The van der Waals surface area contributed by atoms with E-state index in [9.17, 15) is 0 Å². The van der Waals surface area contributed by atoms with Gasteiger partial charge < -0.3 is 34.0 Å². The Balaban J connectivity index is 0.00000128. The Labute approximate surface area is 121 Å². The number of rotatable bonds is 2. The van der Waals surface area contributed by atoms with Crippen LogP contribution in [0.25, 0.3) is 11.1 Å². The highest BCUT2D eigenvalue weighted by Crippen LogP contribution is 2.14. The molecule has 0 bridgehead atoms. The van der Waals surface area contributed by atoms with Crippen molar-refractivity contribution in [2.75, 3.05) is 0 Å². The van der Waals surface area contributed by atoms with E-state index in [-0.39, 0.29) is 34.0 Å². The van der Waals surface area contributed by atoms with Crippen LogP contribution in [0.1, 0.15) is 0 Å². The number of nitriles is 1. The zero-order valence-electron chi connectivity index (χ0n) is 8.98. The summed E-state index contributed by atoms with van der Waals surface area (Å²) >= 11 is 0. The molecule has 0 saturated carbocycles. The van der Waals surface area contributed by atoms with Crippen LogP contribution in [0.2, 0.25) is 0 Å². The first kappa shape index (κ1) is 15.8. The van der Waals surface area contributed by atoms with Crippen LogP contribution in [0.5, 0.6) is 0 Å². The molecule has 0 amide bonds. The van der Waals surface area contributed by atoms with E-state index < -0.39 is 0 Å². The zero-order valence-corrected chi connectivity index (χ0v) is 12.1. The van der Waals surface area contributed by atoms with Crippen molar-refractivity contribution in [1.29, 1.82) is 5.26 Å². The molecule has 1 N–H and O–H groups in total. The summed E-state index contributed by atoms with van der Waals surface area (Å²) in [7, 11) is 0. The number of hydrogen-bond acceptors (Lipinski definition) is 1. The molecular weight excluding hydrogens is 346 g/mol. The first-order valence-electron chi connectivity index (χ1n) is 4.73. The second-order valence-electron chi connectivity index (χ2n) is 3.21. The lowest BCUT2D eigenvalue weighted by atomic mass is 10.1. The molecule has 0 unspecified atom stereocenters. The van der Waals surface area contributed by atoms with Crippen molar-refractivity contribution in [3.05, 3.63) is 49.1 Å². The maximum Gasteiger partial charge on any atom is 0.233 e. The third-order valence-corrected chi connectivity index (χ3v) is 2.20. The summed E-state index contributed by atoms with van der Waals surface area (Å²) < 4.78 is 1.85. The predicted molar refractivity (Wildman–Crippen MR) is 54.2 cm³/mol. The van der Waals surface area contributed by atoms with Crippen molar-refractivity contribution in [2.24, 2.45) is 0 Å². The topological polar surface area (TPSA) is 41.8 Å². The van der Waals surface area contributed by atoms with Gasteiger partial charge in [0.1, 0.15) is 6.07 Å². The van der Waals surface area contributed by atoms with Gasteiger partial charge in [-0.25, -0.2) is 4.98 Å². The minimum Gasteiger partial charge on any atom is -1.00 e.